The topological polar surface area (TPSA) is 89.9 Å². The second-order valence-corrected chi connectivity index (χ2v) is 3.49. The Morgan fingerprint density at radius 1 is 1.59 bits per heavy atom. The number of hydrogen-bond acceptors (Lipinski definition) is 4. The summed E-state index contributed by atoms with van der Waals surface area (Å²) in [5, 5.41) is 11.1. The van der Waals surface area contributed by atoms with Gasteiger partial charge in [0.25, 0.3) is 5.91 Å². The van der Waals surface area contributed by atoms with Gasteiger partial charge in [0.15, 0.2) is 0 Å². The number of urea groups is 1. The third kappa shape index (κ3) is 3.28. The molecule has 0 aromatic heterocycles. The number of aliphatic hydroxyl groups excluding tert-OH is 1. The lowest BCUT2D eigenvalue weighted by Gasteiger charge is -2.22. The third-order valence-electron chi connectivity index (χ3n) is 2.30. The molecule has 0 atom stereocenters. The van der Waals surface area contributed by atoms with Crippen LogP contribution in [0.25, 0.3) is 0 Å². The maximum absolute atomic E-state index is 11.8. The van der Waals surface area contributed by atoms with Crippen molar-refractivity contribution < 1.29 is 19.5 Å². The Hall–Kier alpha value is -1.89. The van der Waals surface area contributed by atoms with Crippen molar-refractivity contribution in [2.24, 2.45) is 0 Å². The number of nitrogens with zero attached hydrogens (tertiary/aromatic N) is 2. The van der Waals surface area contributed by atoms with Crippen LogP contribution in [0.15, 0.2) is 12.7 Å². The van der Waals surface area contributed by atoms with Crippen LogP contribution < -0.4 is 5.32 Å². The molecule has 0 bridgehead atoms. The van der Waals surface area contributed by atoms with Gasteiger partial charge in [-0.25, -0.2) is 4.79 Å². The van der Waals surface area contributed by atoms with E-state index >= 15 is 0 Å². The summed E-state index contributed by atoms with van der Waals surface area (Å²) in [5.74, 6) is -0.824. The summed E-state index contributed by atoms with van der Waals surface area (Å²) in [6, 6.07) is -0.564. The number of carbonyl (C=O) groups is 3. The highest BCUT2D eigenvalue weighted by Crippen LogP contribution is 2.01. The van der Waals surface area contributed by atoms with E-state index in [0.717, 1.165) is 4.90 Å². The monoisotopic (exact) mass is 241 g/mol. The molecule has 1 fully saturated rings. The van der Waals surface area contributed by atoms with E-state index in [0.29, 0.717) is 0 Å². The summed E-state index contributed by atoms with van der Waals surface area (Å²) in [4.78, 5) is 36.4. The van der Waals surface area contributed by atoms with Gasteiger partial charge >= 0.3 is 6.03 Å². The molecule has 7 nitrogen and oxygen atoms in total. The summed E-state index contributed by atoms with van der Waals surface area (Å²) in [5.41, 5.74) is 0. The zero-order valence-corrected chi connectivity index (χ0v) is 9.39. The van der Waals surface area contributed by atoms with Crippen LogP contribution in [0.1, 0.15) is 0 Å². The van der Waals surface area contributed by atoms with Gasteiger partial charge in [0.1, 0.15) is 6.54 Å². The van der Waals surface area contributed by atoms with Crippen LogP contribution in [0.4, 0.5) is 4.79 Å². The third-order valence-corrected chi connectivity index (χ3v) is 2.30. The molecule has 7 heteroatoms. The minimum Gasteiger partial charge on any atom is -0.395 e. The van der Waals surface area contributed by atoms with Gasteiger partial charge < -0.3 is 15.3 Å². The molecule has 4 amide bonds. The number of aliphatic hydroxyl groups is 1. The van der Waals surface area contributed by atoms with Crippen LogP contribution in [0.3, 0.4) is 0 Å². The molecule has 1 aliphatic heterocycles. The van der Waals surface area contributed by atoms with Crippen molar-refractivity contribution in [2.45, 2.75) is 0 Å². The number of rotatable bonds is 6. The lowest BCUT2D eigenvalue weighted by Crippen LogP contribution is -2.44. The van der Waals surface area contributed by atoms with Gasteiger partial charge in [0.05, 0.1) is 13.2 Å². The van der Waals surface area contributed by atoms with E-state index in [1.807, 2.05) is 0 Å². The van der Waals surface area contributed by atoms with Gasteiger partial charge in [0.2, 0.25) is 5.91 Å². The molecule has 1 saturated heterocycles. The summed E-state index contributed by atoms with van der Waals surface area (Å²) >= 11 is 0. The summed E-state index contributed by atoms with van der Waals surface area (Å²) < 4.78 is 0. The highest BCUT2D eigenvalue weighted by atomic mass is 16.3. The number of nitrogens with one attached hydrogen (secondary N) is 1. The molecule has 0 aliphatic carbocycles. The fourth-order valence-electron chi connectivity index (χ4n) is 1.44. The molecule has 94 valence electrons. The first-order chi connectivity index (χ1) is 8.10. The average molecular weight is 241 g/mol. The first-order valence-corrected chi connectivity index (χ1v) is 5.18. The molecule has 0 spiro atoms. The van der Waals surface area contributed by atoms with Crippen molar-refractivity contribution in [2.75, 3.05) is 32.8 Å². The Kier molecular flexibility index (Phi) is 4.65. The lowest BCUT2D eigenvalue weighted by molar-refractivity contribution is -0.136. The molecule has 0 radical (unpaired) electrons. The molecular formula is C10H15N3O4. The normalized spacial score (nSPS) is 14.8. The highest BCUT2D eigenvalue weighted by Gasteiger charge is 2.31. The first-order valence-electron chi connectivity index (χ1n) is 5.18. The van der Waals surface area contributed by atoms with Gasteiger partial charge in [-0.15, -0.1) is 6.58 Å². The van der Waals surface area contributed by atoms with Crippen molar-refractivity contribution in [3.63, 3.8) is 0 Å². The first kappa shape index (κ1) is 13.2. The number of imide groups is 1. The second kappa shape index (κ2) is 6.00. The van der Waals surface area contributed by atoms with Gasteiger partial charge in [0, 0.05) is 13.1 Å². The van der Waals surface area contributed by atoms with E-state index in [1.165, 1.54) is 11.0 Å². The van der Waals surface area contributed by atoms with E-state index in [4.69, 9.17) is 5.11 Å². The predicted molar refractivity (Wildman–Crippen MR) is 59.0 cm³/mol. The molecule has 2 N–H and O–H groups in total. The SMILES string of the molecule is C=CCN(CCO)C(=O)CN1C(=O)CNC1=O. The van der Waals surface area contributed by atoms with E-state index in [1.54, 1.807) is 0 Å². The predicted octanol–water partition coefficient (Wildman–Crippen LogP) is -1.45. The molecule has 17 heavy (non-hydrogen) atoms. The maximum Gasteiger partial charge on any atom is 0.325 e. The standard InChI is InChI=1S/C10H15N3O4/c1-2-3-12(4-5-14)9(16)7-13-8(15)6-11-10(13)17/h2,14H,1,3-7H2,(H,11,17). The quantitative estimate of drug-likeness (QED) is 0.439. The van der Waals surface area contributed by atoms with Crippen LogP contribution in [0, 0.1) is 0 Å². The summed E-state index contributed by atoms with van der Waals surface area (Å²) in [7, 11) is 0. The van der Waals surface area contributed by atoms with Gasteiger partial charge in [-0.3, -0.25) is 14.5 Å². The van der Waals surface area contributed by atoms with E-state index in [-0.39, 0.29) is 32.8 Å². The molecule has 0 aromatic carbocycles. The van der Waals surface area contributed by atoms with Crippen LogP contribution >= 0.6 is 0 Å². The van der Waals surface area contributed by atoms with Crippen LogP contribution in [-0.4, -0.2) is 65.5 Å². The van der Waals surface area contributed by atoms with E-state index in [2.05, 4.69) is 11.9 Å². The fraction of sp³-hybridized carbons (Fsp3) is 0.500. The van der Waals surface area contributed by atoms with Crippen molar-refractivity contribution in [3.8, 4) is 0 Å². The Balaban J connectivity index is 2.59. The number of amides is 4. The minimum absolute atomic E-state index is 0.0758. The summed E-state index contributed by atoms with van der Waals surface area (Å²) in [6.07, 6.45) is 1.51. The molecule has 1 rings (SSSR count). The Morgan fingerprint density at radius 2 is 2.29 bits per heavy atom. The Morgan fingerprint density at radius 3 is 2.76 bits per heavy atom. The Bertz CT molecular complexity index is 326. The largest absolute Gasteiger partial charge is 0.395 e. The van der Waals surface area contributed by atoms with Crippen LogP contribution in [-0.2, 0) is 9.59 Å². The minimum atomic E-state index is -0.564. The molecule has 0 saturated carbocycles. The van der Waals surface area contributed by atoms with Crippen molar-refractivity contribution in [1.29, 1.82) is 0 Å². The number of carbonyl (C=O) groups excluding carboxylic acids is 3. The average Bonchev–Trinajstić information content (AvgIpc) is 2.60. The molecular weight excluding hydrogens is 226 g/mol. The zero-order valence-electron chi connectivity index (χ0n) is 9.39. The zero-order chi connectivity index (χ0) is 12.8. The van der Waals surface area contributed by atoms with Crippen molar-refractivity contribution in [3.05, 3.63) is 12.7 Å². The maximum atomic E-state index is 11.8. The van der Waals surface area contributed by atoms with Crippen molar-refractivity contribution >= 4 is 17.8 Å². The number of hydrogen-bond donors (Lipinski definition) is 2. The van der Waals surface area contributed by atoms with Gasteiger partial charge in [-0.05, 0) is 0 Å². The molecule has 1 heterocycles. The van der Waals surface area contributed by atoms with Gasteiger partial charge in [-0.1, -0.05) is 6.08 Å². The van der Waals surface area contributed by atoms with Crippen molar-refractivity contribution in [1.82, 2.24) is 15.1 Å². The molecule has 1 aliphatic rings. The van der Waals surface area contributed by atoms with E-state index < -0.39 is 17.8 Å². The lowest BCUT2D eigenvalue weighted by atomic mass is 10.4. The Labute approximate surface area is 98.7 Å². The fourth-order valence-corrected chi connectivity index (χ4v) is 1.44. The van der Waals surface area contributed by atoms with Crippen LogP contribution in [0.2, 0.25) is 0 Å². The molecule has 0 aromatic rings. The summed E-state index contributed by atoms with van der Waals surface area (Å²) in [6.45, 7) is 3.34. The van der Waals surface area contributed by atoms with Crippen LogP contribution in [0.5, 0.6) is 0 Å². The van der Waals surface area contributed by atoms with E-state index in [9.17, 15) is 14.4 Å². The smallest absolute Gasteiger partial charge is 0.325 e. The highest BCUT2D eigenvalue weighted by molar-refractivity contribution is 6.04. The second-order valence-electron chi connectivity index (χ2n) is 3.49. The van der Waals surface area contributed by atoms with Gasteiger partial charge in [-0.2, -0.15) is 0 Å². The molecule has 0 unspecified atom stereocenters.